The van der Waals surface area contributed by atoms with E-state index >= 15 is 0 Å². The van der Waals surface area contributed by atoms with Crippen molar-refractivity contribution in [3.8, 4) is 0 Å². The zero-order valence-electron chi connectivity index (χ0n) is 11.6. The van der Waals surface area contributed by atoms with Gasteiger partial charge in [0.15, 0.2) is 0 Å². The van der Waals surface area contributed by atoms with Gasteiger partial charge < -0.3 is 16.0 Å². The van der Waals surface area contributed by atoms with Crippen LogP contribution in [-0.2, 0) is 0 Å². The van der Waals surface area contributed by atoms with Gasteiger partial charge in [-0.3, -0.25) is 14.8 Å². The molecule has 1 aromatic carbocycles. The Bertz CT molecular complexity index is 930. The Hall–Kier alpha value is -2.25. The summed E-state index contributed by atoms with van der Waals surface area (Å²) in [4.78, 5) is 22.2. The highest BCUT2D eigenvalue weighted by Crippen LogP contribution is 2.40. The predicted octanol–water partition coefficient (Wildman–Crippen LogP) is 1.34. The molecule has 5 rings (SSSR count). The van der Waals surface area contributed by atoms with Crippen molar-refractivity contribution in [2.75, 3.05) is 25.0 Å². The van der Waals surface area contributed by atoms with E-state index in [4.69, 9.17) is 0 Å². The summed E-state index contributed by atoms with van der Waals surface area (Å²) in [5, 5.41) is 10.9. The number of anilines is 1. The van der Waals surface area contributed by atoms with Crippen LogP contribution in [0.5, 0.6) is 0 Å². The fourth-order valence-corrected chi connectivity index (χ4v) is 4.26. The van der Waals surface area contributed by atoms with Crippen molar-refractivity contribution in [2.45, 2.75) is 5.54 Å². The van der Waals surface area contributed by atoms with E-state index in [2.05, 4.69) is 25.9 Å². The lowest BCUT2D eigenvalue weighted by Gasteiger charge is -2.42. The average molecular weight is 311 g/mol. The van der Waals surface area contributed by atoms with Gasteiger partial charge in [-0.05, 0) is 12.1 Å². The van der Waals surface area contributed by atoms with E-state index in [1.54, 1.807) is 12.4 Å². The number of aromatic nitrogens is 2. The summed E-state index contributed by atoms with van der Waals surface area (Å²) in [6.07, 6.45) is 3.38. The third-order valence-corrected chi connectivity index (χ3v) is 5.56. The van der Waals surface area contributed by atoms with Gasteiger partial charge in [-0.15, -0.1) is 11.3 Å². The van der Waals surface area contributed by atoms with Gasteiger partial charge in [0.05, 0.1) is 22.3 Å². The topological polar surface area (TPSA) is 78.9 Å². The molecule has 0 unspecified atom stereocenters. The molecule has 3 aromatic rings. The number of thiophene rings is 1. The molecule has 0 bridgehead atoms. The van der Waals surface area contributed by atoms with E-state index in [9.17, 15) is 4.79 Å². The Kier molecular flexibility index (Phi) is 2.32. The molecule has 0 saturated carbocycles. The summed E-state index contributed by atoms with van der Waals surface area (Å²) in [7, 11) is 0. The summed E-state index contributed by atoms with van der Waals surface area (Å²) in [5.41, 5.74) is 2.42. The third kappa shape index (κ3) is 1.55. The van der Waals surface area contributed by atoms with Crippen LogP contribution in [0, 0.1) is 0 Å². The lowest BCUT2D eigenvalue weighted by molar-refractivity contribution is 0.0878. The second-order valence-corrected chi connectivity index (χ2v) is 6.91. The quantitative estimate of drug-likeness (QED) is 0.584. The number of benzene rings is 1. The number of nitrogens with one attached hydrogen (secondary N) is 3. The number of hydrogen-bond acceptors (Lipinski definition) is 6. The molecule has 2 aromatic heterocycles. The summed E-state index contributed by atoms with van der Waals surface area (Å²) < 4.78 is 1.06. The summed E-state index contributed by atoms with van der Waals surface area (Å²) in [5.74, 6) is -0.000240. The van der Waals surface area contributed by atoms with E-state index in [0.29, 0.717) is 0 Å². The molecule has 1 fully saturated rings. The normalized spacial score (nSPS) is 19.4. The molecule has 1 saturated heterocycles. The first-order valence-corrected chi connectivity index (χ1v) is 8.01. The molecule has 7 heteroatoms. The van der Waals surface area contributed by atoms with E-state index < -0.39 is 0 Å². The molecule has 0 atom stereocenters. The molecule has 2 aliphatic rings. The SMILES string of the molecule is O=C1NC2(CNC2)CNc2c1sc1ccc3nccnc3c21. The van der Waals surface area contributed by atoms with E-state index in [1.165, 1.54) is 11.3 Å². The van der Waals surface area contributed by atoms with Crippen molar-refractivity contribution >= 4 is 44.1 Å². The monoisotopic (exact) mass is 311 g/mol. The van der Waals surface area contributed by atoms with Crippen LogP contribution in [0.25, 0.3) is 21.1 Å². The van der Waals surface area contributed by atoms with Gasteiger partial charge in [-0.2, -0.15) is 0 Å². The lowest BCUT2D eigenvalue weighted by Crippen LogP contribution is -2.71. The Morgan fingerprint density at radius 3 is 2.82 bits per heavy atom. The van der Waals surface area contributed by atoms with Gasteiger partial charge >= 0.3 is 0 Å². The Balaban J connectivity index is 1.78. The van der Waals surface area contributed by atoms with Crippen LogP contribution in [0.1, 0.15) is 9.67 Å². The van der Waals surface area contributed by atoms with Crippen molar-refractivity contribution in [3.05, 3.63) is 29.4 Å². The van der Waals surface area contributed by atoms with Crippen LogP contribution in [0.4, 0.5) is 5.69 Å². The zero-order valence-corrected chi connectivity index (χ0v) is 12.5. The number of amides is 1. The minimum atomic E-state index is -0.168. The first kappa shape index (κ1) is 12.3. The molecule has 0 aliphatic carbocycles. The second kappa shape index (κ2) is 4.15. The van der Waals surface area contributed by atoms with Crippen molar-refractivity contribution < 1.29 is 4.79 Å². The minimum absolute atomic E-state index is 0.000240. The maximum atomic E-state index is 12.6. The predicted molar refractivity (Wildman–Crippen MR) is 86.5 cm³/mol. The van der Waals surface area contributed by atoms with Crippen LogP contribution < -0.4 is 16.0 Å². The molecule has 6 nitrogen and oxygen atoms in total. The molecule has 22 heavy (non-hydrogen) atoms. The minimum Gasteiger partial charge on any atom is -0.381 e. The fraction of sp³-hybridized carbons (Fsp3) is 0.267. The first-order chi connectivity index (χ1) is 10.8. The highest BCUT2D eigenvalue weighted by Gasteiger charge is 2.41. The number of nitrogens with zero attached hydrogens (tertiary/aromatic N) is 2. The Labute approximate surface area is 129 Å². The van der Waals surface area contributed by atoms with Gasteiger partial charge in [-0.25, -0.2) is 0 Å². The summed E-state index contributed by atoms with van der Waals surface area (Å²) in [6, 6.07) is 3.97. The molecule has 110 valence electrons. The number of fused-ring (bicyclic) bond motifs is 5. The number of carbonyl (C=O) groups excluding carboxylic acids is 1. The van der Waals surface area contributed by atoms with Gasteiger partial charge in [-0.1, -0.05) is 0 Å². The lowest BCUT2D eigenvalue weighted by atomic mass is 9.92. The van der Waals surface area contributed by atoms with Gasteiger partial charge in [0, 0.05) is 42.1 Å². The Morgan fingerprint density at radius 2 is 2.00 bits per heavy atom. The second-order valence-electron chi connectivity index (χ2n) is 5.86. The molecule has 1 amide bonds. The highest BCUT2D eigenvalue weighted by molar-refractivity contribution is 7.21. The first-order valence-electron chi connectivity index (χ1n) is 7.19. The maximum Gasteiger partial charge on any atom is 0.264 e. The van der Waals surface area contributed by atoms with Crippen LogP contribution in [0.2, 0.25) is 0 Å². The largest absolute Gasteiger partial charge is 0.381 e. The molecule has 2 aliphatic heterocycles. The van der Waals surface area contributed by atoms with Crippen LogP contribution >= 0.6 is 11.3 Å². The van der Waals surface area contributed by atoms with Gasteiger partial charge in [0.25, 0.3) is 5.91 Å². The summed E-state index contributed by atoms with van der Waals surface area (Å²) >= 11 is 1.51. The number of carbonyl (C=O) groups is 1. The van der Waals surface area contributed by atoms with E-state index in [-0.39, 0.29) is 11.4 Å². The molecule has 4 heterocycles. The maximum absolute atomic E-state index is 12.6. The standard InChI is InChI=1S/C15H13N5OS/c21-14-13-12(19-7-15(20-14)5-16-6-15)10-9(22-13)2-1-8-11(10)18-4-3-17-8/h1-4,16,19H,5-7H2,(H,20,21). The molecule has 3 N–H and O–H groups in total. The molecular formula is C15H13N5OS. The van der Waals surface area contributed by atoms with Crippen LogP contribution in [0.3, 0.4) is 0 Å². The smallest absolute Gasteiger partial charge is 0.264 e. The molecule has 0 radical (unpaired) electrons. The van der Waals surface area contributed by atoms with Crippen molar-refractivity contribution in [2.24, 2.45) is 0 Å². The molecule has 1 spiro atoms. The van der Waals surface area contributed by atoms with E-state index in [0.717, 1.165) is 51.3 Å². The summed E-state index contributed by atoms with van der Waals surface area (Å²) in [6.45, 7) is 2.33. The third-order valence-electron chi connectivity index (χ3n) is 4.41. The highest BCUT2D eigenvalue weighted by atomic mass is 32.1. The average Bonchev–Trinajstić information content (AvgIpc) is 2.82. The molecular weight excluding hydrogens is 298 g/mol. The fourth-order valence-electron chi connectivity index (χ4n) is 3.19. The van der Waals surface area contributed by atoms with Crippen LogP contribution in [-0.4, -0.2) is 41.0 Å². The van der Waals surface area contributed by atoms with Crippen molar-refractivity contribution in [1.29, 1.82) is 0 Å². The van der Waals surface area contributed by atoms with Crippen molar-refractivity contribution in [1.82, 2.24) is 20.6 Å². The number of hydrogen-bond donors (Lipinski definition) is 3. The van der Waals surface area contributed by atoms with Crippen molar-refractivity contribution in [3.63, 3.8) is 0 Å². The van der Waals surface area contributed by atoms with Crippen LogP contribution in [0.15, 0.2) is 24.5 Å². The van der Waals surface area contributed by atoms with E-state index in [1.807, 2.05) is 12.1 Å². The van der Waals surface area contributed by atoms with Gasteiger partial charge in [0.2, 0.25) is 0 Å². The zero-order chi connectivity index (χ0) is 14.7. The van der Waals surface area contributed by atoms with Gasteiger partial charge in [0.1, 0.15) is 4.88 Å². The Morgan fingerprint density at radius 1 is 1.14 bits per heavy atom. The number of rotatable bonds is 0.